The third-order valence-electron chi connectivity index (χ3n) is 3.03. The Morgan fingerprint density at radius 2 is 2.35 bits per heavy atom. The zero-order valence-corrected chi connectivity index (χ0v) is 10.8. The van der Waals surface area contributed by atoms with Crippen molar-refractivity contribution in [1.82, 2.24) is 5.43 Å². The van der Waals surface area contributed by atoms with Gasteiger partial charge in [0, 0.05) is 11.6 Å². The minimum absolute atomic E-state index is 0.389. The zero-order chi connectivity index (χ0) is 12.7. The maximum Gasteiger partial charge on any atom is 0.114 e. The Bertz CT molecular complexity index is 353. The van der Waals surface area contributed by atoms with Gasteiger partial charge in [0.05, 0.1) is 7.11 Å². The number of hydrazine groups is 1. The van der Waals surface area contributed by atoms with Crippen LogP contribution in [0.2, 0.25) is 0 Å². The molecule has 0 saturated carbocycles. The van der Waals surface area contributed by atoms with Crippen molar-refractivity contribution in [3.63, 3.8) is 0 Å². The second-order valence-corrected chi connectivity index (χ2v) is 4.16. The lowest BCUT2D eigenvalue weighted by molar-refractivity contribution is 0.302. The Kier molecular flexibility index (Phi) is 5.57. The number of methoxy groups -OCH3 is 1. The van der Waals surface area contributed by atoms with E-state index in [-0.39, 0.29) is 0 Å². The molecule has 17 heavy (non-hydrogen) atoms. The predicted octanol–water partition coefficient (Wildman–Crippen LogP) is 2.65. The summed E-state index contributed by atoms with van der Waals surface area (Å²) in [5.74, 6) is 7.30. The summed E-state index contributed by atoms with van der Waals surface area (Å²) in [4.78, 5) is 0. The highest BCUT2D eigenvalue weighted by atomic mass is 16.5. The fourth-order valence-corrected chi connectivity index (χ4v) is 2.00. The fourth-order valence-electron chi connectivity index (χ4n) is 2.00. The van der Waals surface area contributed by atoms with Crippen LogP contribution in [-0.4, -0.2) is 7.11 Å². The van der Waals surface area contributed by atoms with Gasteiger partial charge in [-0.15, -0.1) is 0 Å². The molecule has 0 aliphatic heterocycles. The summed E-state index contributed by atoms with van der Waals surface area (Å²) < 4.78 is 5.27. The van der Waals surface area contributed by atoms with Crippen LogP contribution in [0.5, 0.6) is 0 Å². The molecule has 0 fully saturated rings. The molecule has 1 aliphatic carbocycles. The van der Waals surface area contributed by atoms with E-state index in [0.717, 1.165) is 17.9 Å². The lowest BCUT2D eigenvalue weighted by Crippen LogP contribution is -2.30. The maximum absolute atomic E-state index is 5.54. The molecule has 0 radical (unpaired) electrons. The van der Waals surface area contributed by atoms with Crippen molar-refractivity contribution in [3.05, 3.63) is 47.9 Å². The van der Waals surface area contributed by atoms with Crippen LogP contribution in [0.15, 0.2) is 47.9 Å². The van der Waals surface area contributed by atoms with Crippen molar-refractivity contribution >= 4 is 0 Å². The summed E-state index contributed by atoms with van der Waals surface area (Å²) in [7, 11) is 1.69. The highest BCUT2D eigenvalue weighted by molar-refractivity contribution is 5.23. The van der Waals surface area contributed by atoms with E-state index in [4.69, 9.17) is 10.6 Å². The fraction of sp³-hybridized carbons (Fsp3) is 0.429. The first kappa shape index (κ1) is 13.6. The second kappa shape index (κ2) is 6.97. The molecule has 0 aromatic carbocycles. The minimum Gasteiger partial charge on any atom is -0.497 e. The maximum atomic E-state index is 5.54. The van der Waals surface area contributed by atoms with Crippen LogP contribution in [-0.2, 0) is 4.74 Å². The van der Waals surface area contributed by atoms with Crippen LogP contribution in [0.3, 0.4) is 0 Å². The number of hydrogen-bond acceptors (Lipinski definition) is 3. The normalized spacial score (nSPS) is 24.9. The van der Waals surface area contributed by atoms with Crippen molar-refractivity contribution in [1.29, 1.82) is 0 Å². The van der Waals surface area contributed by atoms with Crippen LogP contribution < -0.4 is 11.3 Å². The standard InChI is InChI=1S/C14H22N2O/c1-4-6-12(17-3)9-10-13-11(2)7-5-8-14(13)16-15/h4-9,11,13,16H,10,15H2,1-3H3/b6-4-,12-9+. The quantitative estimate of drug-likeness (QED) is 0.333. The third-order valence-corrected chi connectivity index (χ3v) is 3.03. The molecule has 2 unspecified atom stereocenters. The molecule has 94 valence electrons. The predicted molar refractivity (Wildman–Crippen MR) is 71.7 cm³/mol. The molecule has 0 amide bonds. The van der Waals surface area contributed by atoms with Crippen molar-refractivity contribution < 1.29 is 4.74 Å². The highest BCUT2D eigenvalue weighted by Crippen LogP contribution is 2.27. The average Bonchev–Trinajstić information content (AvgIpc) is 2.35. The zero-order valence-electron chi connectivity index (χ0n) is 10.8. The molecule has 0 heterocycles. The van der Waals surface area contributed by atoms with E-state index in [1.807, 2.05) is 31.2 Å². The molecule has 0 saturated heterocycles. The Morgan fingerprint density at radius 3 is 2.94 bits per heavy atom. The Morgan fingerprint density at radius 1 is 1.59 bits per heavy atom. The second-order valence-electron chi connectivity index (χ2n) is 4.16. The van der Waals surface area contributed by atoms with Gasteiger partial charge in [0.25, 0.3) is 0 Å². The minimum atomic E-state index is 0.389. The van der Waals surface area contributed by atoms with Crippen LogP contribution in [0.25, 0.3) is 0 Å². The monoisotopic (exact) mass is 234 g/mol. The summed E-state index contributed by atoms with van der Waals surface area (Å²) in [6, 6.07) is 0. The molecule has 0 bridgehead atoms. The molecule has 2 atom stereocenters. The molecule has 0 aromatic rings. The lowest BCUT2D eigenvalue weighted by atomic mass is 9.84. The van der Waals surface area contributed by atoms with Crippen molar-refractivity contribution in [2.24, 2.45) is 17.7 Å². The van der Waals surface area contributed by atoms with E-state index in [1.165, 1.54) is 0 Å². The lowest BCUT2D eigenvalue weighted by Gasteiger charge is -2.25. The van der Waals surface area contributed by atoms with Gasteiger partial charge in [-0.05, 0) is 37.5 Å². The first-order valence-electron chi connectivity index (χ1n) is 5.94. The van der Waals surface area contributed by atoms with Gasteiger partial charge in [0.1, 0.15) is 5.76 Å². The Hall–Kier alpha value is -1.48. The van der Waals surface area contributed by atoms with Crippen LogP contribution in [0, 0.1) is 11.8 Å². The Balaban J connectivity index is 2.72. The van der Waals surface area contributed by atoms with Gasteiger partial charge in [0.2, 0.25) is 0 Å². The van der Waals surface area contributed by atoms with Crippen LogP contribution in [0.4, 0.5) is 0 Å². The van der Waals surface area contributed by atoms with Crippen LogP contribution >= 0.6 is 0 Å². The summed E-state index contributed by atoms with van der Waals surface area (Å²) >= 11 is 0. The van der Waals surface area contributed by atoms with E-state index in [0.29, 0.717) is 11.8 Å². The van der Waals surface area contributed by atoms with Gasteiger partial charge in [-0.2, -0.15) is 0 Å². The summed E-state index contributed by atoms with van der Waals surface area (Å²) in [5.41, 5.74) is 3.86. The molecule has 0 aromatic heterocycles. The highest BCUT2D eigenvalue weighted by Gasteiger charge is 2.20. The number of hydrogen-bond donors (Lipinski definition) is 2. The van der Waals surface area contributed by atoms with Crippen molar-refractivity contribution in [2.45, 2.75) is 20.3 Å². The molecule has 1 rings (SSSR count). The molecular weight excluding hydrogens is 212 g/mol. The Labute approximate surface area is 104 Å². The molecule has 3 nitrogen and oxygen atoms in total. The number of nitrogens with two attached hydrogens (primary N) is 1. The smallest absolute Gasteiger partial charge is 0.114 e. The van der Waals surface area contributed by atoms with Gasteiger partial charge in [-0.3, -0.25) is 5.84 Å². The number of ether oxygens (including phenoxy) is 1. The summed E-state index contributed by atoms with van der Waals surface area (Å²) in [6.45, 7) is 4.17. The molecule has 0 spiro atoms. The summed E-state index contributed by atoms with van der Waals surface area (Å²) in [6.07, 6.45) is 13.2. The van der Waals surface area contributed by atoms with E-state index < -0.39 is 0 Å². The van der Waals surface area contributed by atoms with Gasteiger partial charge in [0.15, 0.2) is 0 Å². The molecule has 1 aliphatic rings. The van der Waals surface area contributed by atoms with E-state index in [2.05, 4.69) is 24.5 Å². The van der Waals surface area contributed by atoms with E-state index >= 15 is 0 Å². The van der Waals surface area contributed by atoms with Gasteiger partial charge < -0.3 is 10.2 Å². The summed E-state index contributed by atoms with van der Waals surface area (Å²) in [5, 5.41) is 0. The first-order chi connectivity index (χ1) is 8.22. The van der Waals surface area contributed by atoms with E-state index in [9.17, 15) is 0 Å². The van der Waals surface area contributed by atoms with Crippen molar-refractivity contribution in [3.8, 4) is 0 Å². The number of allylic oxidation sites excluding steroid dienone is 7. The van der Waals surface area contributed by atoms with Gasteiger partial charge in [-0.25, -0.2) is 0 Å². The van der Waals surface area contributed by atoms with E-state index in [1.54, 1.807) is 7.11 Å². The molecular formula is C14H22N2O. The molecule has 3 heteroatoms. The molecule has 3 N–H and O–H groups in total. The van der Waals surface area contributed by atoms with Crippen LogP contribution in [0.1, 0.15) is 20.3 Å². The van der Waals surface area contributed by atoms with Gasteiger partial charge >= 0.3 is 0 Å². The van der Waals surface area contributed by atoms with Crippen molar-refractivity contribution in [2.75, 3.05) is 7.11 Å². The average molecular weight is 234 g/mol. The first-order valence-corrected chi connectivity index (χ1v) is 5.94. The SMILES string of the molecule is C/C=C\C(=C/CC1C(NN)=CC=CC1C)OC. The number of nitrogens with one attached hydrogen (secondary N) is 1. The third kappa shape index (κ3) is 3.79. The largest absolute Gasteiger partial charge is 0.497 e. The topological polar surface area (TPSA) is 47.3 Å². The number of rotatable bonds is 5. The van der Waals surface area contributed by atoms with Gasteiger partial charge in [-0.1, -0.05) is 25.2 Å².